The third kappa shape index (κ3) is 1.64. The van der Waals surface area contributed by atoms with Gasteiger partial charge < -0.3 is 0 Å². The first-order valence-corrected chi connectivity index (χ1v) is 3.99. The molecule has 0 N–H and O–H groups in total. The van der Waals surface area contributed by atoms with Gasteiger partial charge in [0.15, 0.2) is 5.69 Å². The van der Waals surface area contributed by atoms with Gasteiger partial charge in [-0.25, -0.2) is 4.98 Å². The zero-order chi connectivity index (χ0) is 12.1. The van der Waals surface area contributed by atoms with Crippen LogP contribution in [-0.4, -0.2) is 4.98 Å². The summed E-state index contributed by atoms with van der Waals surface area (Å²) in [6.07, 6.45) is -0.373. The highest BCUT2D eigenvalue weighted by Crippen LogP contribution is 2.18. The first kappa shape index (κ1) is 11.1. The number of hydrogen-bond acceptors (Lipinski definition) is 5. The molecule has 0 aliphatic heterocycles. The summed E-state index contributed by atoms with van der Waals surface area (Å²) >= 11 is 0. The fourth-order valence-corrected chi connectivity index (χ4v) is 1.15. The molecule has 0 amide bonds. The van der Waals surface area contributed by atoms with Crippen molar-refractivity contribution >= 4 is 0 Å². The summed E-state index contributed by atoms with van der Waals surface area (Å²) in [6, 6.07) is 6.41. The van der Waals surface area contributed by atoms with E-state index in [4.69, 9.17) is 21.0 Å². The van der Waals surface area contributed by atoms with Crippen LogP contribution in [0.1, 0.15) is 22.4 Å². The van der Waals surface area contributed by atoms with Crippen LogP contribution in [0.5, 0.6) is 0 Å². The fraction of sp³-hybridized carbons (Fsp3) is 0.100. The molecule has 1 aromatic rings. The van der Waals surface area contributed by atoms with E-state index >= 15 is 0 Å². The number of nitriles is 4. The molecule has 5 nitrogen and oxygen atoms in total. The molecule has 0 aliphatic rings. The molecule has 0 bridgehead atoms. The predicted octanol–water partition coefficient (Wildman–Crippen LogP) is 0.902. The van der Waals surface area contributed by atoms with Crippen LogP contribution in [0.2, 0.25) is 0 Å². The number of aromatic nitrogens is 1. The van der Waals surface area contributed by atoms with Gasteiger partial charge in [0.1, 0.15) is 23.8 Å². The molecule has 1 aromatic heterocycles. The van der Waals surface area contributed by atoms with Crippen molar-refractivity contribution in [2.24, 2.45) is 0 Å². The second-order valence-corrected chi connectivity index (χ2v) is 2.65. The van der Waals surface area contributed by atoms with Crippen molar-refractivity contribution in [2.45, 2.75) is 6.42 Å². The van der Waals surface area contributed by atoms with E-state index in [-0.39, 0.29) is 23.1 Å². The lowest BCUT2D eigenvalue weighted by Gasteiger charge is -2.03. The van der Waals surface area contributed by atoms with Gasteiger partial charge in [-0.1, -0.05) is 0 Å². The summed E-state index contributed by atoms with van der Waals surface area (Å²) in [5.74, 6) is -1.06. The van der Waals surface area contributed by atoms with E-state index in [0.29, 0.717) is 0 Å². The standard InChI is InChI=1S/C10H2FN5/c11-10-6(1-2-12)7(3-13)8(4-14)9(5-15)16-10/h1H2. The lowest BCUT2D eigenvalue weighted by Crippen LogP contribution is -2.05. The summed E-state index contributed by atoms with van der Waals surface area (Å²) in [5, 5.41) is 34.6. The number of pyridine rings is 1. The van der Waals surface area contributed by atoms with Crippen molar-refractivity contribution in [1.82, 2.24) is 4.98 Å². The molecule has 1 heterocycles. The van der Waals surface area contributed by atoms with Gasteiger partial charge in [0, 0.05) is 5.56 Å². The van der Waals surface area contributed by atoms with Crippen LogP contribution in [0.15, 0.2) is 0 Å². The summed E-state index contributed by atoms with van der Waals surface area (Å²) in [4.78, 5) is 3.24. The molecule has 16 heavy (non-hydrogen) atoms. The Morgan fingerprint density at radius 1 is 1.00 bits per heavy atom. The minimum absolute atomic E-state index is 0.249. The average Bonchev–Trinajstić information content (AvgIpc) is 2.30. The fourth-order valence-electron chi connectivity index (χ4n) is 1.15. The van der Waals surface area contributed by atoms with E-state index in [9.17, 15) is 4.39 Å². The average molecular weight is 211 g/mol. The summed E-state index contributed by atoms with van der Waals surface area (Å²) in [5.41, 5.74) is -1.29. The molecule has 0 aliphatic carbocycles. The van der Waals surface area contributed by atoms with Gasteiger partial charge in [-0.3, -0.25) is 0 Å². The maximum atomic E-state index is 13.3. The molecule has 0 unspecified atom stereocenters. The van der Waals surface area contributed by atoms with E-state index in [0.717, 1.165) is 0 Å². The smallest absolute Gasteiger partial charge is 0.207 e. The number of halogens is 1. The maximum absolute atomic E-state index is 13.3. The van der Waals surface area contributed by atoms with Crippen LogP contribution in [0, 0.1) is 51.3 Å². The van der Waals surface area contributed by atoms with Crippen LogP contribution in [0.4, 0.5) is 4.39 Å². The van der Waals surface area contributed by atoms with Gasteiger partial charge in [-0.05, 0) is 0 Å². The number of nitrogens with zero attached hydrogens (tertiary/aromatic N) is 5. The van der Waals surface area contributed by atoms with Crippen LogP contribution in [0.25, 0.3) is 0 Å². The molecule has 0 saturated carbocycles. The quantitative estimate of drug-likeness (QED) is 0.641. The van der Waals surface area contributed by atoms with Gasteiger partial charge >= 0.3 is 0 Å². The highest BCUT2D eigenvalue weighted by molar-refractivity contribution is 5.55. The monoisotopic (exact) mass is 211 g/mol. The Kier molecular flexibility index (Phi) is 3.13. The molecule has 74 valence electrons. The Balaban J connectivity index is 3.71. The first-order valence-electron chi connectivity index (χ1n) is 3.99. The van der Waals surface area contributed by atoms with Gasteiger partial charge in [-0.15, -0.1) is 0 Å². The normalized spacial score (nSPS) is 8.31. The van der Waals surface area contributed by atoms with Gasteiger partial charge in [-0.2, -0.15) is 25.4 Å². The third-order valence-corrected chi connectivity index (χ3v) is 1.83. The largest absolute Gasteiger partial charge is 0.219 e. The van der Waals surface area contributed by atoms with Gasteiger partial charge in [0.05, 0.1) is 18.1 Å². The van der Waals surface area contributed by atoms with Crippen LogP contribution >= 0.6 is 0 Å². The number of hydrogen-bond donors (Lipinski definition) is 0. The molecule has 0 atom stereocenters. The second-order valence-electron chi connectivity index (χ2n) is 2.65. The molecule has 0 aromatic carbocycles. The zero-order valence-electron chi connectivity index (χ0n) is 7.82. The molecule has 0 radical (unpaired) electrons. The molecule has 0 fully saturated rings. The zero-order valence-corrected chi connectivity index (χ0v) is 7.82. The third-order valence-electron chi connectivity index (χ3n) is 1.83. The van der Waals surface area contributed by atoms with Crippen LogP contribution in [0.3, 0.4) is 0 Å². The summed E-state index contributed by atoms with van der Waals surface area (Å²) < 4.78 is 13.3. The van der Waals surface area contributed by atoms with Crippen LogP contribution < -0.4 is 0 Å². The maximum Gasteiger partial charge on any atom is 0.219 e. The first-order chi connectivity index (χ1) is 7.69. The lowest BCUT2D eigenvalue weighted by molar-refractivity contribution is 0.568. The Hall–Kier alpha value is -2.96. The van der Waals surface area contributed by atoms with E-state index in [2.05, 4.69) is 4.98 Å². The van der Waals surface area contributed by atoms with Crippen LogP contribution in [-0.2, 0) is 6.42 Å². The Labute approximate surface area is 90.2 Å². The summed E-state index contributed by atoms with van der Waals surface area (Å²) in [7, 11) is 0. The molecule has 6 heteroatoms. The molecule has 0 spiro atoms. The van der Waals surface area contributed by atoms with Gasteiger partial charge in [0.2, 0.25) is 5.95 Å². The number of rotatable bonds is 1. The molecular formula is C10H2FN5. The lowest BCUT2D eigenvalue weighted by atomic mass is 10.0. The molecule has 0 saturated heterocycles. The minimum Gasteiger partial charge on any atom is -0.207 e. The summed E-state index contributed by atoms with van der Waals surface area (Å²) in [6.45, 7) is 0. The van der Waals surface area contributed by atoms with Crippen molar-refractivity contribution in [3.8, 4) is 24.3 Å². The van der Waals surface area contributed by atoms with Crippen molar-refractivity contribution < 1.29 is 4.39 Å². The van der Waals surface area contributed by atoms with Crippen molar-refractivity contribution in [3.63, 3.8) is 0 Å². The Bertz CT molecular complexity index is 607. The van der Waals surface area contributed by atoms with E-state index in [1.165, 1.54) is 6.07 Å². The van der Waals surface area contributed by atoms with Crippen molar-refractivity contribution in [3.05, 3.63) is 28.3 Å². The SMILES string of the molecule is N#CCc1c(F)nc(C#N)c(C#N)c1C#N. The van der Waals surface area contributed by atoms with E-state index in [1.807, 2.05) is 0 Å². The highest BCUT2D eigenvalue weighted by Gasteiger charge is 2.19. The topological polar surface area (TPSA) is 108 Å². The van der Waals surface area contributed by atoms with Gasteiger partial charge in [0.25, 0.3) is 0 Å². The van der Waals surface area contributed by atoms with Crippen molar-refractivity contribution in [1.29, 1.82) is 21.0 Å². The highest BCUT2D eigenvalue weighted by atomic mass is 19.1. The second kappa shape index (κ2) is 4.51. The van der Waals surface area contributed by atoms with Crippen molar-refractivity contribution in [2.75, 3.05) is 0 Å². The molecular weight excluding hydrogens is 209 g/mol. The molecule has 1 rings (SSSR count). The van der Waals surface area contributed by atoms with E-state index in [1.54, 1.807) is 18.2 Å². The van der Waals surface area contributed by atoms with E-state index < -0.39 is 11.6 Å². The minimum atomic E-state index is -1.06. The Morgan fingerprint density at radius 3 is 2.06 bits per heavy atom. The predicted molar refractivity (Wildman–Crippen MR) is 47.7 cm³/mol. The Morgan fingerprint density at radius 2 is 1.62 bits per heavy atom.